The first-order chi connectivity index (χ1) is 16.5. The maximum atomic E-state index is 13.0. The number of nitrogens with zero attached hydrogens (tertiary/aromatic N) is 5. The van der Waals surface area contributed by atoms with E-state index in [9.17, 15) is 14.0 Å². The molecular formula is C23H20FN5O5. The van der Waals surface area contributed by atoms with Gasteiger partial charge in [-0.25, -0.2) is 19.3 Å². The normalized spacial score (nSPS) is 18.0. The summed E-state index contributed by atoms with van der Waals surface area (Å²) < 4.78 is 24.4. The number of carboxylic acid groups (broad SMARTS) is 1. The van der Waals surface area contributed by atoms with E-state index in [1.165, 1.54) is 30.5 Å². The summed E-state index contributed by atoms with van der Waals surface area (Å²) >= 11 is 0. The highest BCUT2D eigenvalue weighted by Crippen LogP contribution is 2.27. The van der Waals surface area contributed by atoms with Crippen molar-refractivity contribution in [2.45, 2.75) is 12.5 Å². The van der Waals surface area contributed by atoms with Gasteiger partial charge in [-0.05, 0) is 30.3 Å². The lowest BCUT2D eigenvalue weighted by Gasteiger charge is -2.36. The molecule has 0 radical (unpaired) electrons. The quantitative estimate of drug-likeness (QED) is 0.561. The zero-order chi connectivity index (χ0) is 23.7. The van der Waals surface area contributed by atoms with Crippen molar-refractivity contribution in [1.29, 1.82) is 0 Å². The van der Waals surface area contributed by atoms with Crippen LogP contribution in [0.3, 0.4) is 0 Å². The van der Waals surface area contributed by atoms with Gasteiger partial charge in [0.1, 0.15) is 17.3 Å². The van der Waals surface area contributed by atoms with Crippen molar-refractivity contribution in [3.05, 3.63) is 60.8 Å². The molecule has 174 valence electrons. The van der Waals surface area contributed by atoms with E-state index >= 15 is 0 Å². The second-order valence-corrected chi connectivity index (χ2v) is 7.95. The summed E-state index contributed by atoms with van der Waals surface area (Å²) in [7, 11) is 0. The Balaban J connectivity index is 1.16. The second-order valence-electron chi connectivity index (χ2n) is 7.95. The largest absolute Gasteiger partial charge is 0.481 e. The fraction of sp³-hybridized carbons (Fsp3) is 0.261. The van der Waals surface area contributed by atoms with Gasteiger partial charge in [-0.2, -0.15) is 0 Å². The summed E-state index contributed by atoms with van der Waals surface area (Å²) in [4.78, 5) is 39.8. The Hall–Kier alpha value is -4.28. The molecule has 2 saturated heterocycles. The highest BCUT2D eigenvalue weighted by molar-refractivity contribution is 5.98. The number of hydrogen-bond acceptors (Lipinski definition) is 8. The molecule has 2 aromatic heterocycles. The van der Waals surface area contributed by atoms with Gasteiger partial charge in [0, 0.05) is 32.1 Å². The van der Waals surface area contributed by atoms with E-state index in [0.717, 1.165) is 0 Å². The molecule has 0 spiro atoms. The molecule has 10 nitrogen and oxygen atoms in total. The monoisotopic (exact) mass is 465 g/mol. The lowest BCUT2D eigenvalue weighted by molar-refractivity contribution is -0.142. The highest BCUT2D eigenvalue weighted by atomic mass is 19.1. The number of carbonyl (C=O) groups excluding carboxylic acids is 1. The fourth-order valence-corrected chi connectivity index (χ4v) is 3.72. The molecule has 4 heterocycles. The molecule has 1 amide bonds. The summed E-state index contributed by atoms with van der Waals surface area (Å²) in [6, 6.07) is 8.84. The number of ether oxygens (including phenoxy) is 2. The van der Waals surface area contributed by atoms with E-state index in [2.05, 4.69) is 15.0 Å². The number of pyridine rings is 1. The molecule has 1 atom stereocenters. The summed E-state index contributed by atoms with van der Waals surface area (Å²) in [5, 5.41) is 8.98. The molecule has 0 bridgehead atoms. The summed E-state index contributed by atoms with van der Waals surface area (Å²) in [6.45, 7) is 1.19. The SMILES string of the molecule is O=C(O)C1CN(c2ncc(N3CCC(Oc4ccc(Oc5ccc(F)cc5)nc4)C3=O)cn2)C1. The molecular weight excluding hydrogens is 445 g/mol. The van der Waals surface area contributed by atoms with E-state index in [0.29, 0.717) is 55.1 Å². The third kappa shape index (κ3) is 4.45. The first kappa shape index (κ1) is 21.6. The molecule has 34 heavy (non-hydrogen) atoms. The van der Waals surface area contributed by atoms with Crippen molar-refractivity contribution >= 4 is 23.5 Å². The zero-order valence-electron chi connectivity index (χ0n) is 17.9. The van der Waals surface area contributed by atoms with Crippen LogP contribution in [0.15, 0.2) is 55.0 Å². The lowest BCUT2D eigenvalue weighted by Crippen LogP contribution is -2.51. The number of anilines is 2. The number of aromatic nitrogens is 3. The molecule has 1 aromatic carbocycles. The maximum Gasteiger partial charge on any atom is 0.310 e. The Morgan fingerprint density at radius 1 is 1.00 bits per heavy atom. The molecule has 5 rings (SSSR count). The molecule has 2 fully saturated rings. The van der Waals surface area contributed by atoms with Crippen LogP contribution < -0.4 is 19.3 Å². The van der Waals surface area contributed by atoms with Crippen molar-refractivity contribution < 1.29 is 28.6 Å². The number of benzene rings is 1. The van der Waals surface area contributed by atoms with Crippen molar-refractivity contribution in [2.75, 3.05) is 29.4 Å². The Bertz CT molecular complexity index is 1180. The third-order valence-electron chi connectivity index (χ3n) is 5.63. The topological polar surface area (TPSA) is 118 Å². The Morgan fingerprint density at radius 3 is 2.35 bits per heavy atom. The number of carbonyl (C=O) groups is 2. The van der Waals surface area contributed by atoms with Gasteiger partial charge in [0.05, 0.1) is 30.2 Å². The van der Waals surface area contributed by atoms with Crippen LogP contribution in [0.4, 0.5) is 16.0 Å². The molecule has 2 aliphatic rings. The van der Waals surface area contributed by atoms with Crippen molar-refractivity contribution in [2.24, 2.45) is 5.92 Å². The zero-order valence-corrected chi connectivity index (χ0v) is 17.9. The van der Waals surface area contributed by atoms with Crippen molar-refractivity contribution in [1.82, 2.24) is 15.0 Å². The Labute approximate surface area is 193 Å². The Morgan fingerprint density at radius 2 is 1.71 bits per heavy atom. The number of halogens is 1. The predicted octanol–water partition coefficient (Wildman–Crippen LogP) is 2.51. The average molecular weight is 465 g/mol. The van der Waals surface area contributed by atoms with Gasteiger partial charge in [-0.3, -0.25) is 9.59 Å². The molecule has 2 aliphatic heterocycles. The van der Waals surface area contributed by atoms with Gasteiger partial charge in [-0.15, -0.1) is 0 Å². The minimum absolute atomic E-state index is 0.210. The van der Waals surface area contributed by atoms with Crippen LogP contribution in [0.2, 0.25) is 0 Å². The summed E-state index contributed by atoms with van der Waals surface area (Å²) in [5.74, 6) is -0.171. The molecule has 0 saturated carbocycles. The van der Waals surface area contributed by atoms with Crippen LogP contribution in [-0.4, -0.2) is 57.7 Å². The number of aliphatic carboxylic acids is 1. The molecule has 11 heteroatoms. The third-order valence-corrected chi connectivity index (χ3v) is 5.63. The minimum Gasteiger partial charge on any atom is -0.481 e. The van der Waals surface area contributed by atoms with E-state index in [-0.39, 0.29) is 11.7 Å². The highest BCUT2D eigenvalue weighted by Gasteiger charge is 2.36. The predicted molar refractivity (Wildman–Crippen MR) is 117 cm³/mol. The van der Waals surface area contributed by atoms with Crippen molar-refractivity contribution in [3.63, 3.8) is 0 Å². The smallest absolute Gasteiger partial charge is 0.310 e. The van der Waals surface area contributed by atoms with Crippen LogP contribution in [0.5, 0.6) is 17.4 Å². The van der Waals surface area contributed by atoms with E-state index in [4.69, 9.17) is 14.6 Å². The average Bonchev–Trinajstić information content (AvgIpc) is 3.16. The number of rotatable bonds is 7. The number of hydrogen-bond donors (Lipinski definition) is 1. The van der Waals surface area contributed by atoms with Crippen LogP contribution >= 0.6 is 0 Å². The molecule has 0 aliphatic carbocycles. The van der Waals surface area contributed by atoms with E-state index in [1.807, 2.05) is 0 Å². The van der Waals surface area contributed by atoms with Crippen molar-refractivity contribution in [3.8, 4) is 17.4 Å². The second kappa shape index (κ2) is 8.93. The standard InChI is InChI=1S/C23H20FN5O5/c24-15-1-3-17(4-2-15)34-20-6-5-18(11-25-20)33-19-7-8-29(21(19)30)16-9-26-23(27-10-16)28-12-14(13-28)22(31)32/h1-6,9-11,14,19H,7-8,12-13H2,(H,31,32). The van der Waals surface area contributed by atoms with E-state index in [1.54, 1.807) is 34.3 Å². The van der Waals surface area contributed by atoms with Gasteiger partial charge < -0.3 is 24.4 Å². The fourth-order valence-electron chi connectivity index (χ4n) is 3.72. The maximum absolute atomic E-state index is 13.0. The van der Waals surface area contributed by atoms with Gasteiger partial charge in [0.15, 0.2) is 6.10 Å². The van der Waals surface area contributed by atoms with E-state index < -0.39 is 18.0 Å². The van der Waals surface area contributed by atoms with Gasteiger partial charge in [0.25, 0.3) is 5.91 Å². The lowest BCUT2D eigenvalue weighted by atomic mass is 10.0. The van der Waals surface area contributed by atoms with Gasteiger partial charge >= 0.3 is 5.97 Å². The summed E-state index contributed by atoms with van der Waals surface area (Å²) in [6.07, 6.45) is 4.39. The molecule has 3 aromatic rings. The number of amides is 1. The first-order valence-electron chi connectivity index (χ1n) is 10.6. The number of carboxylic acids is 1. The van der Waals surface area contributed by atoms with Crippen LogP contribution in [0.25, 0.3) is 0 Å². The van der Waals surface area contributed by atoms with Crippen LogP contribution in [0, 0.1) is 11.7 Å². The first-order valence-corrected chi connectivity index (χ1v) is 10.6. The van der Waals surface area contributed by atoms with Crippen LogP contribution in [-0.2, 0) is 9.59 Å². The van der Waals surface area contributed by atoms with Crippen LogP contribution in [0.1, 0.15) is 6.42 Å². The van der Waals surface area contributed by atoms with Gasteiger partial charge in [-0.1, -0.05) is 0 Å². The molecule has 1 unspecified atom stereocenters. The summed E-state index contributed by atoms with van der Waals surface area (Å²) in [5.41, 5.74) is 0.552. The van der Waals surface area contributed by atoms with Gasteiger partial charge in [0.2, 0.25) is 11.8 Å². The Kier molecular flexibility index (Phi) is 5.66. The minimum atomic E-state index is -0.827. The molecule has 1 N–H and O–H groups in total.